The Bertz CT molecular complexity index is 1160. The summed E-state index contributed by atoms with van der Waals surface area (Å²) >= 11 is 0. The van der Waals surface area contributed by atoms with E-state index in [1.165, 1.54) is 11.1 Å². The minimum Gasteiger partial charge on any atom is -0.486 e. The van der Waals surface area contributed by atoms with Gasteiger partial charge in [-0.3, -0.25) is 0 Å². The Morgan fingerprint density at radius 3 is 2.55 bits per heavy atom. The predicted molar refractivity (Wildman–Crippen MR) is 119 cm³/mol. The first-order chi connectivity index (χ1) is 15.3. The van der Waals surface area contributed by atoms with Gasteiger partial charge in [0.25, 0.3) is 0 Å². The van der Waals surface area contributed by atoms with Crippen molar-refractivity contribution in [3.8, 4) is 17.2 Å². The fourth-order valence-electron chi connectivity index (χ4n) is 4.57. The van der Waals surface area contributed by atoms with Crippen LogP contribution in [0.25, 0.3) is 0 Å². The highest BCUT2D eigenvalue weighted by Gasteiger charge is 2.41. The van der Waals surface area contributed by atoms with Crippen LogP contribution in [0, 0.1) is 0 Å². The van der Waals surface area contributed by atoms with E-state index in [-0.39, 0.29) is 12.3 Å². The summed E-state index contributed by atoms with van der Waals surface area (Å²) in [5.41, 5.74) is 5.72. The minimum absolute atomic E-state index is 0.143. The Balaban J connectivity index is 1.40. The third-order valence-electron chi connectivity index (χ3n) is 6.25. The summed E-state index contributed by atoms with van der Waals surface area (Å²) in [5.74, 6) is 2.53. The number of nitrogens with zero attached hydrogens (tertiary/aromatic N) is 2. The Hall–Kier alpha value is -3.47. The van der Waals surface area contributed by atoms with Gasteiger partial charge in [0.05, 0.1) is 11.8 Å². The van der Waals surface area contributed by atoms with E-state index in [1.54, 1.807) is 0 Å². The van der Waals surface area contributed by atoms with Gasteiger partial charge >= 0.3 is 0 Å². The van der Waals surface area contributed by atoms with Crippen molar-refractivity contribution >= 4 is 5.71 Å². The number of ether oxygens (including phenoxy) is 3. The maximum absolute atomic E-state index is 6.45. The summed E-state index contributed by atoms with van der Waals surface area (Å²) in [6.07, 6.45) is 1.59. The van der Waals surface area contributed by atoms with Crippen molar-refractivity contribution in [2.24, 2.45) is 5.10 Å². The van der Waals surface area contributed by atoms with E-state index >= 15 is 0 Å². The molecule has 0 radical (unpaired) electrons. The van der Waals surface area contributed by atoms with Crippen molar-refractivity contribution in [2.75, 3.05) is 13.2 Å². The zero-order chi connectivity index (χ0) is 20.8. The van der Waals surface area contributed by atoms with Gasteiger partial charge in [0.15, 0.2) is 11.5 Å². The largest absolute Gasteiger partial charge is 0.486 e. The summed E-state index contributed by atoms with van der Waals surface area (Å²) in [7, 11) is 0. The molecule has 156 valence electrons. The molecule has 0 bridgehead atoms. The third kappa shape index (κ3) is 3.12. The summed E-state index contributed by atoms with van der Waals surface area (Å²) in [6, 6.07) is 23.2. The van der Waals surface area contributed by atoms with E-state index in [2.05, 4.69) is 60.5 Å². The van der Waals surface area contributed by atoms with E-state index in [4.69, 9.17) is 19.3 Å². The van der Waals surface area contributed by atoms with Crippen molar-refractivity contribution in [2.45, 2.75) is 32.0 Å². The smallest absolute Gasteiger partial charge is 0.213 e. The van der Waals surface area contributed by atoms with Crippen molar-refractivity contribution in [3.63, 3.8) is 0 Å². The van der Waals surface area contributed by atoms with Gasteiger partial charge in [0, 0.05) is 23.1 Å². The lowest BCUT2D eigenvalue weighted by atomic mass is 9.95. The molecule has 0 aliphatic carbocycles. The molecule has 2 atom stereocenters. The number of aryl methyl sites for hydroxylation is 1. The lowest BCUT2D eigenvalue weighted by Gasteiger charge is -2.38. The first-order valence-electron chi connectivity index (χ1n) is 10.9. The van der Waals surface area contributed by atoms with Crippen LogP contribution >= 0.6 is 0 Å². The fraction of sp³-hybridized carbons (Fsp3) is 0.269. The number of hydrogen-bond donors (Lipinski definition) is 0. The molecule has 0 fully saturated rings. The molecule has 31 heavy (non-hydrogen) atoms. The SMILES string of the molecule is CCc1ccc([C@@H]2Oc3ccccc3[C@H]3CC(c4ccc5c(c4)OCCO5)=NN32)cc1. The van der Waals surface area contributed by atoms with Gasteiger partial charge < -0.3 is 14.2 Å². The summed E-state index contributed by atoms with van der Waals surface area (Å²) in [6.45, 7) is 3.34. The van der Waals surface area contributed by atoms with Gasteiger partial charge in [-0.15, -0.1) is 0 Å². The average molecular weight is 412 g/mol. The Kier molecular flexibility index (Phi) is 4.34. The van der Waals surface area contributed by atoms with E-state index < -0.39 is 0 Å². The number of benzene rings is 3. The summed E-state index contributed by atoms with van der Waals surface area (Å²) in [5, 5.41) is 7.18. The molecule has 6 rings (SSSR count). The number of rotatable bonds is 3. The molecule has 0 aromatic heterocycles. The highest BCUT2D eigenvalue weighted by molar-refractivity contribution is 6.02. The van der Waals surface area contributed by atoms with Crippen LogP contribution < -0.4 is 14.2 Å². The number of fused-ring (bicyclic) bond motifs is 4. The first kappa shape index (κ1) is 18.3. The first-order valence-corrected chi connectivity index (χ1v) is 10.9. The molecule has 0 saturated carbocycles. The van der Waals surface area contributed by atoms with Crippen LogP contribution in [-0.2, 0) is 6.42 Å². The molecular formula is C26H24N2O3. The highest BCUT2D eigenvalue weighted by Crippen LogP contribution is 2.47. The highest BCUT2D eigenvalue weighted by atomic mass is 16.6. The van der Waals surface area contributed by atoms with E-state index in [1.807, 2.05) is 18.2 Å². The maximum atomic E-state index is 6.45. The average Bonchev–Trinajstić information content (AvgIpc) is 3.29. The summed E-state index contributed by atoms with van der Waals surface area (Å²) in [4.78, 5) is 0. The quantitative estimate of drug-likeness (QED) is 0.588. The molecule has 3 aliphatic rings. The second-order valence-electron chi connectivity index (χ2n) is 8.11. The molecule has 3 aromatic rings. The summed E-state index contributed by atoms with van der Waals surface area (Å²) < 4.78 is 17.9. The van der Waals surface area contributed by atoms with E-state index in [0.29, 0.717) is 13.2 Å². The second-order valence-corrected chi connectivity index (χ2v) is 8.11. The molecule has 0 unspecified atom stereocenters. The predicted octanol–water partition coefficient (Wildman–Crippen LogP) is 5.26. The van der Waals surface area contributed by atoms with Crippen LogP contribution in [0.2, 0.25) is 0 Å². The second kappa shape index (κ2) is 7.34. The lowest BCUT2D eigenvalue weighted by molar-refractivity contribution is -0.0190. The molecule has 3 heterocycles. The molecule has 0 N–H and O–H groups in total. The normalized spacial score (nSPS) is 21.1. The van der Waals surface area contributed by atoms with Crippen LogP contribution in [0.5, 0.6) is 17.2 Å². The van der Waals surface area contributed by atoms with Gasteiger partial charge in [0.2, 0.25) is 6.23 Å². The van der Waals surface area contributed by atoms with Crippen LogP contribution in [0.4, 0.5) is 0 Å². The Labute approximate surface area is 181 Å². The van der Waals surface area contributed by atoms with E-state index in [0.717, 1.165) is 46.9 Å². The molecule has 5 heteroatoms. The van der Waals surface area contributed by atoms with Gasteiger partial charge in [-0.05, 0) is 36.2 Å². The standard InChI is InChI=1S/C26H24N2O3/c1-2-17-7-9-18(10-8-17)26-28-22(20-5-3-4-6-23(20)31-26)16-21(27-28)19-11-12-24-25(15-19)30-14-13-29-24/h3-12,15,22,26H,2,13-14,16H2,1H3/t22-,26+/m1/s1. The topological polar surface area (TPSA) is 43.3 Å². The van der Waals surface area contributed by atoms with Crippen LogP contribution in [0.1, 0.15) is 47.9 Å². The van der Waals surface area contributed by atoms with Crippen LogP contribution in [0.3, 0.4) is 0 Å². The molecule has 0 amide bonds. The van der Waals surface area contributed by atoms with Crippen molar-refractivity contribution in [1.29, 1.82) is 0 Å². The third-order valence-corrected chi connectivity index (χ3v) is 6.25. The fourth-order valence-corrected chi connectivity index (χ4v) is 4.57. The van der Waals surface area contributed by atoms with Crippen molar-refractivity contribution < 1.29 is 14.2 Å². The van der Waals surface area contributed by atoms with Gasteiger partial charge in [-0.2, -0.15) is 5.10 Å². The Morgan fingerprint density at radius 2 is 1.71 bits per heavy atom. The van der Waals surface area contributed by atoms with Gasteiger partial charge in [0.1, 0.15) is 19.0 Å². The number of para-hydroxylation sites is 1. The van der Waals surface area contributed by atoms with Crippen molar-refractivity contribution in [3.05, 3.63) is 89.0 Å². The molecule has 3 aromatic carbocycles. The molecule has 0 saturated heterocycles. The Morgan fingerprint density at radius 1 is 0.903 bits per heavy atom. The zero-order valence-electron chi connectivity index (χ0n) is 17.5. The van der Waals surface area contributed by atoms with Crippen LogP contribution in [0.15, 0.2) is 71.8 Å². The molecule has 0 spiro atoms. The van der Waals surface area contributed by atoms with E-state index in [9.17, 15) is 0 Å². The number of hydrazone groups is 1. The van der Waals surface area contributed by atoms with Gasteiger partial charge in [-0.1, -0.05) is 49.4 Å². The molecular weight excluding hydrogens is 388 g/mol. The van der Waals surface area contributed by atoms with Crippen molar-refractivity contribution in [1.82, 2.24) is 5.01 Å². The maximum Gasteiger partial charge on any atom is 0.213 e. The zero-order valence-corrected chi connectivity index (χ0v) is 17.5. The van der Waals surface area contributed by atoms with Crippen LogP contribution in [-0.4, -0.2) is 23.9 Å². The molecule has 3 aliphatic heterocycles. The monoisotopic (exact) mass is 412 g/mol. The molecule has 5 nitrogen and oxygen atoms in total. The minimum atomic E-state index is -0.250. The number of hydrogen-bond acceptors (Lipinski definition) is 5. The lowest BCUT2D eigenvalue weighted by Crippen LogP contribution is -2.33. The van der Waals surface area contributed by atoms with Gasteiger partial charge in [-0.25, -0.2) is 5.01 Å².